The monoisotopic (exact) mass is 430 g/mol. The van der Waals surface area contributed by atoms with Crippen molar-refractivity contribution in [2.45, 2.75) is 6.92 Å². The van der Waals surface area contributed by atoms with Crippen molar-refractivity contribution < 1.29 is 13.2 Å². The smallest absolute Gasteiger partial charge is 0.251 e. The Hall–Kier alpha value is -2.58. The second kappa shape index (κ2) is 9.49. The maximum absolute atomic E-state index is 12.7. The molecule has 1 amide bonds. The summed E-state index contributed by atoms with van der Waals surface area (Å²) < 4.78 is 26.9. The van der Waals surface area contributed by atoms with E-state index in [0.717, 1.165) is 11.4 Å². The number of benzene rings is 2. The molecule has 0 unspecified atom stereocenters. The molecule has 0 radical (unpaired) electrons. The average molecular weight is 431 g/mol. The number of piperazine rings is 1. The Balaban J connectivity index is 1.48. The predicted molar refractivity (Wildman–Crippen MR) is 122 cm³/mol. The Morgan fingerprint density at radius 1 is 1.03 bits per heavy atom. The molecule has 0 aliphatic carbocycles. The van der Waals surface area contributed by atoms with Crippen LogP contribution in [-0.4, -0.2) is 71.2 Å². The number of carbonyl (C=O) groups excluding carboxylic acids is 1. The van der Waals surface area contributed by atoms with Gasteiger partial charge in [-0.25, -0.2) is 8.42 Å². The lowest BCUT2D eigenvalue weighted by atomic mass is 10.2. The van der Waals surface area contributed by atoms with Gasteiger partial charge in [0, 0.05) is 63.8 Å². The summed E-state index contributed by atoms with van der Waals surface area (Å²) in [6, 6.07) is 15.4. The first kappa shape index (κ1) is 22.1. The molecular weight excluding hydrogens is 400 g/mol. The molecule has 0 bridgehead atoms. The van der Waals surface area contributed by atoms with Crippen LogP contribution >= 0.6 is 0 Å². The molecule has 1 saturated heterocycles. The van der Waals surface area contributed by atoms with E-state index in [0.29, 0.717) is 31.7 Å². The summed E-state index contributed by atoms with van der Waals surface area (Å²) in [5.74, 6) is -0.362. The summed E-state index contributed by atoms with van der Waals surface area (Å²) in [5, 5.41) is 2.71. The first-order valence-electron chi connectivity index (χ1n) is 10.1. The van der Waals surface area contributed by atoms with Crippen molar-refractivity contribution in [2.75, 3.05) is 62.4 Å². The van der Waals surface area contributed by atoms with E-state index in [1.165, 1.54) is 9.87 Å². The van der Waals surface area contributed by atoms with Crippen molar-refractivity contribution >= 4 is 27.3 Å². The SMILES string of the molecule is Cc1cccc(N2CCN(S(=O)(=O)CCNC(=O)c3ccc(N(C)C)cc3)CC2)c1. The Kier molecular flexibility index (Phi) is 6.99. The minimum absolute atomic E-state index is 0.0920. The zero-order valence-corrected chi connectivity index (χ0v) is 18.7. The molecule has 3 rings (SSSR count). The second-order valence-electron chi connectivity index (χ2n) is 7.74. The third kappa shape index (κ3) is 5.52. The lowest BCUT2D eigenvalue weighted by Crippen LogP contribution is -2.50. The minimum Gasteiger partial charge on any atom is -0.378 e. The number of amides is 1. The Labute approximate surface area is 179 Å². The Morgan fingerprint density at radius 3 is 2.30 bits per heavy atom. The number of rotatable bonds is 7. The van der Waals surface area contributed by atoms with E-state index in [1.807, 2.05) is 37.2 Å². The van der Waals surface area contributed by atoms with Gasteiger partial charge in [0.05, 0.1) is 5.75 Å². The minimum atomic E-state index is -3.41. The maximum Gasteiger partial charge on any atom is 0.251 e. The third-order valence-electron chi connectivity index (χ3n) is 5.29. The number of carbonyl (C=O) groups is 1. The highest BCUT2D eigenvalue weighted by Gasteiger charge is 2.27. The van der Waals surface area contributed by atoms with E-state index in [1.54, 1.807) is 12.1 Å². The van der Waals surface area contributed by atoms with E-state index in [9.17, 15) is 13.2 Å². The van der Waals surface area contributed by atoms with Crippen LogP contribution in [-0.2, 0) is 10.0 Å². The van der Waals surface area contributed by atoms with Crippen LogP contribution in [0.2, 0.25) is 0 Å². The van der Waals surface area contributed by atoms with Crippen LogP contribution < -0.4 is 15.1 Å². The molecule has 1 aliphatic rings. The van der Waals surface area contributed by atoms with Crippen molar-refractivity contribution in [1.82, 2.24) is 9.62 Å². The number of nitrogens with one attached hydrogen (secondary N) is 1. The van der Waals surface area contributed by atoms with Crippen LogP contribution in [0.15, 0.2) is 48.5 Å². The molecule has 30 heavy (non-hydrogen) atoms. The fourth-order valence-corrected chi connectivity index (χ4v) is 4.82. The van der Waals surface area contributed by atoms with Gasteiger partial charge in [0.25, 0.3) is 5.91 Å². The van der Waals surface area contributed by atoms with Crippen LogP contribution in [0.5, 0.6) is 0 Å². The van der Waals surface area contributed by atoms with Crippen LogP contribution in [0.25, 0.3) is 0 Å². The fourth-order valence-electron chi connectivity index (χ4n) is 3.48. The van der Waals surface area contributed by atoms with Crippen LogP contribution in [0.3, 0.4) is 0 Å². The van der Waals surface area contributed by atoms with Crippen molar-refractivity contribution in [3.8, 4) is 0 Å². The predicted octanol–water partition coefficient (Wildman–Crippen LogP) is 1.94. The highest BCUT2D eigenvalue weighted by Crippen LogP contribution is 2.19. The van der Waals surface area contributed by atoms with Gasteiger partial charge in [-0.1, -0.05) is 12.1 Å². The van der Waals surface area contributed by atoms with E-state index < -0.39 is 10.0 Å². The molecular formula is C22H30N4O3S. The van der Waals surface area contributed by atoms with Gasteiger partial charge in [-0.15, -0.1) is 0 Å². The quantitative estimate of drug-likeness (QED) is 0.727. The van der Waals surface area contributed by atoms with Gasteiger partial charge in [-0.3, -0.25) is 4.79 Å². The molecule has 1 fully saturated rings. The van der Waals surface area contributed by atoms with Gasteiger partial charge in [-0.05, 0) is 48.9 Å². The normalized spacial score (nSPS) is 15.1. The molecule has 7 nitrogen and oxygen atoms in total. The van der Waals surface area contributed by atoms with E-state index in [4.69, 9.17) is 0 Å². The number of sulfonamides is 1. The number of nitrogens with zero attached hydrogens (tertiary/aromatic N) is 3. The molecule has 162 valence electrons. The van der Waals surface area contributed by atoms with Crippen molar-refractivity contribution in [3.05, 3.63) is 59.7 Å². The van der Waals surface area contributed by atoms with Gasteiger partial charge < -0.3 is 15.1 Å². The molecule has 1 heterocycles. The summed E-state index contributed by atoms with van der Waals surface area (Å²) >= 11 is 0. The summed E-state index contributed by atoms with van der Waals surface area (Å²) in [7, 11) is 0.455. The second-order valence-corrected chi connectivity index (χ2v) is 9.83. The zero-order valence-electron chi connectivity index (χ0n) is 17.8. The Morgan fingerprint density at radius 2 is 1.70 bits per heavy atom. The number of hydrogen-bond acceptors (Lipinski definition) is 5. The molecule has 0 spiro atoms. The number of hydrogen-bond donors (Lipinski definition) is 1. The van der Waals surface area contributed by atoms with E-state index in [-0.39, 0.29) is 18.2 Å². The zero-order chi connectivity index (χ0) is 21.7. The highest BCUT2D eigenvalue weighted by atomic mass is 32.2. The molecule has 0 aromatic heterocycles. The van der Waals surface area contributed by atoms with Gasteiger partial charge in [0.15, 0.2) is 0 Å². The lowest BCUT2D eigenvalue weighted by Gasteiger charge is -2.35. The maximum atomic E-state index is 12.7. The average Bonchev–Trinajstić information content (AvgIpc) is 2.73. The highest BCUT2D eigenvalue weighted by molar-refractivity contribution is 7.89. The fraction of sp³-hybridized carbons (Fsp3) is 0.409. The van der Waals surface area contributed by atoms with Crippen molar-refractivity contribution in [2.24, 2.45) is 0 Å². The van der Waals surface area contributed by atoms with Crippen molar-refractivity contribution in [3.63, 3.8) is 0 Å². The van der Waals surface area contributed by atoms with Gasteiger partial charge in [0.1, 0.15) is 0 Å². The summed E-state index contributed by atoms with van der Waals surface area (Å²) in [6.07, 6.45) is 0. The topological polar surface area (TPSA) is 73.0 Å². The molecule has 1 aliphatic heterocycles. The summed E-state index contributed by atoms with van der Waals surface area (Å²) in [6.45, 7) is 4.37. The molecule has 0 saturated carbocycles. The molecule has 0 atom stereocenters. The lowest BCUT2D eigenvalue weighted by molar-refractivity contribution is 0.0956. The molecule has 2 aromatic carbocycles. The Bertz CT molecular complexity index is 966. The van der Waals surface area contributed by atoms with Crippen LogP contribution in [0, 0.1) is 6.92 Å². The summed E-state index contributed by atoms with van der Waals surface area (Å²) in [4.78, 5) is 16.4. The van der Waals surface area contributed by atoms with E-state index in [2.05, 4.69) is 35.3 Å². The largest absolute Gasteiger partial charge is 0.378 e. The molecule has 8 heteroatoms. The van der Waals surface area contributed by atoms with Crippen LogP contribution in [0.1, 0.15) is 15.9 Å². The first-order valence-corrected chi connectivity index (χ1v) is 11.7. The van der Waals surface area contributed by atoms with Gasteiger partial charge in [0.2, 0.25) is 10.0 Å². The molecule has 1 N–H and O–H groups in total. The van der Waals surface area contributed by atoms with Crippen LogP contribution in [0.4, 0.5) is 11.4 Å². The van der Waals surface area contributed by atoms with E-state index >= 15 is 0 Å². The molecule has 2 aromatic rings. The summed E-state index contributed by atoms with van der Waals surface area (Å²) in [5.41, 5.74) is 3.83. The standard InChI is InChI=1S/C22H30N4O3S/c1-18-5-4-6-21(17-18)25-12-14-26(15-13-25)30(28,29)16-11-23-22(27)19-7-9-20(10-8-19)24(2)3/h4-10,17H,11-16H2,1-3H3,(H,23,27). The first-order chi connectivity index (χ1) is 14.3. The van der Waals surface area contributed by atoms with Gasteiger partial charge >= 0.3 is 0 Å². The third-order valence-corrected chi connectivity index (χ3v) is 7.16. The van der Waals surface area contributed by atoms with Gasteiger partial charge in [-0.2, -0.15) is 4.31 Å². The van der Waals surface area contributed by atoms with Crippen molar-refractivity contribution in [1.29, 1.82) is 0 Å². The number of aryl methyl sites for hydroxylation is 1. The number of anilines is 2.